The van der Waals surface area contributed by atoms with E-state index >= 15 is 0 Å². The summed E-state index contributed by atoms with van der Waals surface area (Å²) in [5.41, 5.74) is 0.954. The second-order valence-electron chi connectivity index (χ2n) is 4.30. The number of benzene rings is 1. The maximum atomic E-state index is 5.75. The van der Waals surface area contributed by atoms with Crippen LogP contribution in [0.3, 0.4) is 0 Å². The van der Waals surface area contributed by atoms with Crippen LogP contribution in [0, 0.1) is 0 Å². The highest BCUT2D eigenvalue weighted by atomic mass is 16.5. The summed E-state index contributed by atoms with van der Waals surface area (Å²) in [6.07, 6.45) is 3.28. The fourth-order valence-electron chi connectivity index (χ4n) is 1.47. The van der Waals surface area contributed by atoms with E-state index in [9.17, 15) is 0 Å². The fraction of sp³-hybridized carbons (Fsp3) is 0.286. The Kier molecular flexibility index (Phi) is 4.25. The van der Waals surface area contributed by atoms with Gasteiger partial charge in [0.05, 0.1) is 0 Å². The van der Waals surface area contributed by atoms with Crippen molar-refractivity contribution < 1.29 is 4.74 Å². The molecule has 2 rings (SSSR count). The van der Waals surface area contributed by atoms with Crippen LogP contribution in [0.15, 0.2) is 42.9 Å². The molecule has 0 bridgehead atoms. The van der Waals surface area contributed by atoms with Crippen molar-refractivity contribution in [3.8, 4) is 11.6 Å². The van der Waals surface area contributed by atoms with Crippen molar-refractivity contribution in [1.82, 2.24) is 15.3 Å². The van der Waals surface area contributed by atoms with Gasteiger partial charge in [0.2, 0.25) is 5.88 Å². The molecule has 0 radical (unpaired) electrons. The number of aromatic nitrogens is 2. The Morgan fingerprint density at radius 3 is 2.72 bits per heavy atom. The predicted octanol–water partition coefficient (Wildman–Crippen LogP) is 2.77. The highest BCUT2D eigenvalue weighted by Gasteiger charge is 2.06. The van der Waals surface area contributed by atoms with Gasteiger partial charge in [0.1, 0.15) is 12.1 Å². The Labute approximate surface area is 107 Å². The van der Waals surface area contributed by atoms with Gasteiger partial charge in [-0.3, -0.25) is 0 Å². The molecule has 18 heavy (non-hydrogen) atoms. The van der Waals surface area contributed by atoms with Crippen LogP contribution in [0.2, 0.25) is 0 Å². The molecule has 0 spiro atoms. The van der Waals surface area contributed by atoms with E-state index in [2.05, 4.69) is 29.1 Å². The summed E-state index contributed by atoms with van der Waals surface area (Å²) in [6, 6.07) is 10.0. The molecule has 0 fully saturated rings. The average Bonchev–Trinajstić information content (AvgIpc) is 2.39. The van der Waals surface area contributed by atoms with E-state index in [4.69, 9.17) is 4.74 Å². The van der Waals surface area contributed by atoms with Gasteiger partial charge in [-0.1, -0.05) is 32.0 Å². The van der Waals surface area contributed by atoms with Crippen LogP contribution in [0.5, 0.6) is 11.6 Å². The Morgan fingerprint density at radius 1 is 1.22 bits per heavy atom. The molecule has 0 aliphatic heterocycles. The van der Waals surface area contributed by atoms with E-state index in [0.717, 1.165) is 11.3 Å². The first-order valence-electron chi connectivity index (χ1n) is 6.01. The summed E-state index contributed by atoms with van der Waals surface area (Å²) in [6.45, 7) is 4.89. The molecule has 0 unspecified atom stereocenters. The molecular weight excluding hydrogens is 226 g/mol. The monoisotopic (exact) mass is 243 g/mol. The van der Waals surface area contributed by atoms with Crippen molar-refractivity contribution in [2.75, 3.05) is 0 Å². The van der Waals surface area contributed by atoms with Crippen LogP contribution in [0.4, 0.5) is 0 Å². The van der Waals surface area contributed by atoms with Crippen molar-refractivity contribution in [3.63, 3.8) is 0 Å². The normalized spacial score (nSPS) is 10.6. The minimum atomic E-state index is 0.412. The molecule has 0 aliphatic carbocycles. The Hall–Kier alpha value is -1.94. The molecule has 1 heterocycles. The van der Waals surface area contributed by atoms with Crippen LogP contribution in [-0.2, 0) is 6.54 Å². The molecule has 94 valence electrons. The summed E-state index contributed by atoms with van der Waals surface area (Å²) in [5, 5.41) is 3.33. The second kappa shape index (κ2) is 6.12. The lowest BCUT2D eigenvalue weighted by molar-refractivity contribution is 0.448. The summed E-state index contributed by atoms with van der Waals surface area (Å²) in [7, 11) is 0. The third-order valence-corrected chi connectivity index (χ3v) is 2.41. The van der Waals surface area contributed by atoms with Crippen molar-refractivity contribution in [2.45, 2.75) is 26.4 Å². The number of para-hydroxylation sites is 1. The molecule has 0 amide bonds. The van der Waals surface area contributed by atoms with Gasteiger partial charge in [0.15, 0.2) is 0 Å². The summed E-state index contributed by atoms with van der Waals surface area (Å²) >= 11 is 0. The summed E-state index contributed by atoms with van der Waals surface area (Å²) < 4.78 is 5.75. The molecule has 0 saturated heterocycles. The molecule has 4 nitrogen and oxygen atoms in total. The van der Waals surface area contributed by atoms with Gasteiger partial charge in [0, 0.05) is 24.3 Å². The lowest BCUT2D eigenvalue weighted by Gasteiger charge is -2.11. The van der Waals surface area contributed by atoms with Crippen LogP contribution in [-0.4, -0.2) is 16.0 Å². The first kappa shape index (κ1) is 12.5. The SMILES string of the molecule is CC(C)NCc1cncnc1Oc1ccccc1. The smallest absolute Gasteiger partial charge is 0.226 e. The first-order chi connectivity index (χ1) is 8.75. The van der Waals surface area contributed by atoms with Gasteiger partial charge in [-0.05, 0) is 12.1 Å². The molecule has 0 atom stereocenters. The highest BCUT2D eigenvalue weighted by Crippen LogP contribution is 2.21. The van der Waals surface area contributed by atoms with Gasteiger partial charge in [-0.25, -0.2) is 9.97 Å². The predicted molar refractivity (Wildman–Crippen MR) is 70.5 cm³/mol. The summed E-state index contributed by atoms with van der Waals surface area (Å²) in [5.74, 6) is 1.38. The Morgan fingerprint density at radius 2 is 2.00 bits per heavy atom. The first-order valence-corrected chi connectivity index (χ1v) is 6.01. The summed E-state index contributed by atoms with van der Waals surface area (Å²) in [4.78, 5) is 8.21. The zero-order valence-electron chi connectivity index (χ0n) is 10.6. The molecule has 0 saturated carbocycles. The minimum Gasteiger partial charge on any atom is -0.439 e. The highest BCUT2D eigenvalue weighted by molar-refractivity contribution is 5.30. The second-order valence-corrected chi connectivity index (χ2v) is 4.30. The zero-order valence-corrected chi connectivity index (χ0v) is 10.6. The van der Waals surface area contributed by atoms with Gasteiger partial charge < -0.3 is 10.1 Å². The maximum absolute atomic E-state index is 5.75. The van der Waals surface area contributed by atoms with E-state index in [1.54, 1.807) is 6.20 Å². The lowest BCUT2D eigenvalue weighted by Crippen LogP contribution is -2.22. The van der Waals surface area contributed by atoms with Crippen LogP contribution in [0.1, 0.15) is 19.4 Å². The van der Waals surface area contributed by atoms with Crippen LogP contribution >= 0.6 is 0 Å². The van der Waals surface area contributed by atoms with Crippen LogP contribution < -0.4 is 10.1 Å². The van der Waals surface area contributed by atoms with Crippen LogP contribution in [0.25, 0.3) is 0 Å². The Bertz CT molecular complexity index is 485. The molecule has 0 aliphatic rings. The number of nitrogens with zero attached hydrogens (tertiary/aromatic N) is 2. The van der Waals surface area contributed by atoms with Crippen molar-refractivity contribution >= 4 is 0 Å². The van der Waals surface area contributed by atoms with E-state index < -0.39 is 0 Å². The van der Waals surface area contributed by atoms with E-state index in [-0.39, 0.29) is 0 Å². The van der Waals surface area contributed by atoms with Crippen molar-refractivity contribution in [3.05, 3.63) is 48.4 Å². The number of ether oxygens (including phenoxy) is 1. The molecular formula is C14H17N3O. The van der Waals surface area contributed by atoms with Crippen molar-refractivity contribution in [1.29, 1.82) is 0 Å². The molecule has 1 N–H and O–H groups in total. The third-order valence-electron chi connectivity index (χ3n) is 2.41. The number of rotatable bonds is 5. The Balaban J connectivity index is 2.12. The quantitative estimate of drug-likeness (QED) is 0.877. The minimum absolute atomic E-state index is 0.412. The van der Waals surface area contributed by atoms with E-state index in [0.29, 0.717) is 18.5 Å². The largest absolute Gasteiger partial charge is 0.439 e. The number of hydrogen-bond donors (Lipinski definition) is 1. The number of nitrogens with one attached hydrogen (secondary N) is 1. The van der Waals surface area contributed by atoms with Gasteiger partial charge in [-0.2, -0.15) is 0 Å². The van der Waals surface area contributed by atoms with Crippen molar-refractivity contribution in [2.24, 2.45) is 0 Å². The van der Waals surface area contributed by atoms with Gasteiger partial charge in [-0.15, -0.1) is 0 Å². The van der Waals surface area contributed by atoms with Gasteiger partial charge in [0.25, 0.3) is 0 Å². The number of hydrogen-bond acceptors (Lipinski definition) is 4. The molecule has 1 aromatic carbocycles. The molecule has 1 aromatic heterocycles. The zero-order chi connectivity index (χ0) is 12.8. The lowest BCUT2D eigenvalue weighted by atomic mass is 10.3. The maximum Gasteiger partial charge on any atom is 0.226 e. The topological polar surface area (TPSA) is 47.0 Å². The average molecular weight is 243 g/mol. The molecule has 4 heteroatoms. The third kappa shape index (κ3) is 3.53. The van der Waals surface area contributed by atoms with Gasteiger partial charge >= 0.3 is 0 Å². The van der Waals surface area contributed by atoms with E-state index in [1.165, 1.54) is 6.33 Å². The van der Waals surface area contributed by atoms with E-state index in [1.807, 2.05) is 30.3 Å². The fourth-order valence-corrected chi connectivity index (χ4v) is 1.47. The standard InChI is InChI=1S/C14H17N3O/c1-11(2)16-9-12-8-15-10-17-14(12)18-13-6-4-3-5-7-13/h3-8,10-11,16H,9H2,1-2H3. The molecule has 2 aromatic rings.